The van der Waals surface area contributed by atoms with E-state index in [0.29, 0.717) is 28.7 Å². The highest BCUT2D eigenvalue weighted by Gasteiger charge is 2.27. The number of hydrogen-bond donors (Lipinski definition) is 1. The molecule has 2 aromatic carbocycles. The Morgan fingerprint density at radius 3 is 2.58 bits per heavy atom. The minimum atomic E-state index is -0.362. The maximum absolute atomic E-state index is 13.1. The van der Waals surface area contributed by atoms with Crippen LogP contribution in [0.5, 0.6) is 0 Å². The van der Waals surface area contributed by atoms with E-state index in [2.05, 4.69) is 39.8 Å². The van der Waals surface area contributed by atoms with Gasteiger partial charge in [-0.3, -0.25) is 9.36 Å². The molecule has 4 aromatic rings. The maximum Gasteiger partial charge on any atom is 0.341 e. The van der Waals surface area contributed by atoms with E-state index < -0.39 is 0 Å². The van der Waals surface area contributed by atoms with Gasteiger partial charge < -0.3 is 10.1 Å². The van der Waals surface area contributed by atoms with Crippen molar-refractivity contribution in [2.75, 3.05) is 17.7 Å². The van der Waals surface area contributed by atoms with E-state index in [1.165, 1.54) is 28.0 Å². The van der Waals surface area contributed by atoms with Crippen LogP contribution >= 0.6 is 23.1 Å². The molecule has 2 aromatic heterocycles. The summed E-state index contributed by atoms with van der Waals surface area (Å²) in [5.41, 5.74) is 4.81. The van der Waals surface area contributed by atoms with Gasteiger partial charge in [0.25, 0.3) is 0 Å². The van der Waals surface area contributed by atoms with Crippen molar-refractivity contribution in [1.82, 2.24) is 14.8 Å². The summed E-state index contributed by atoms with van der Waals surface area (Å²) in [5, 5.41) is 13.1. The van der Waals surface area contributed by atoms with Gasteiger partial charge in [-0.15, -0.1) is 21.5 Å². The number of rotatable bonds is 9. The summed E-state index contributed by atoms with van der Waals surface area (Å²) in [6.07, 6.45) is 4.53. The molecule has 1 aliphatic carbocycles. The monoisotopic (exact) mass is 546 g/mol. The number of amides is 1. The molecule has 1 N–H and O–H groups in total. The highest BCUT2D eigenvalue weighted by Crippen LogP contribution is 2.38. The fraction of sp³-hybridized carbons (Fsp3) is 0.310. The third-order valence-electron chi connectivity index (χ3n) is 6.43. The van der Waals surface area contributed by atoms with E-state index in [0.717, 1.165) is 53.9 Å². The SMILES string of the molecule is CCOC(=O)c1c(NC(=O)CSc2nnc(Cc3ccccc3)n2-c2ccc(C)cc2)sc2c1CCCC2. The number of hydrogen-bond acceptors (Lipinski definition) is 7. The summed E-state index contributed by atoms with van der Waals surface area (Å²) in [7, 11) is 0. The van der Waals surface area contributed by atoms with Crippen LogP contribution in [0, 0.1) is 6.92 Å². The lowest BCUT2D eigenvalue weighted by molar-refractivity contribution is -0.113. The highest BCUT2D eigenvalue weighted by molar-refractivity contribution is 7.99. The van der Waals surface area contributed by atoms with Crippen LogP contribution in [0.2, 0.25) is 0 Å². The first-order valence-corrected chi connectivity index (χ1v) is 14.6. The van der Waals surface area contributed by atoms with Crippen LogP contribution in [-0.2, 0) is 28.8 Å². The summed E-state index contributed by atoms with van der Waals surface area (Å²) in [5.74, 6) is 0.389. The first-order valence-electron chi connectivity index (χ1n) is 12.8. The fourth-order valence-electron chi connectivity index (χ4n) is 4.61. The predicted octanol–water partition coefficient (Wildman–Crippen LogP) is 6.01. The van der Waals surface area contributed by atoms with Crippen molar-refractivity contribution in [3.8, 4) is 5.69 Å². The Morgan fingerprint density at radius 1 is 1.05 bits per heavy atom. The number of carbonyl (C=O) groups is 2. The van der Waals surface area contributed by atoms with E-state index in [1.807, 2.05) is 41.8 Å². The molecule has 7 nitrogen and oxygen atoms in total. The molecule has 5 rings (SSSR count). The Hall–Kier alpha value is -3.43. The molecule has 0 bridgehead atoms. The topological polar surface area (TPSA) is 86.1 Å². The third-order valence-corrected chi connectivity index (χ3v) is 8.57. The Morgan fingerprint density at radius 2 is 1.82 bits per heavy atom. The molecular weight excluding hydrogens is 516 g/mol. The number of carbonyl (C=O) groups excluding carboxylic acids is 2. The number of aromatic nitrogens is 3. The zero-order valence-electron chi connectivity index (χ0n) is 21.5. The average Bonchev–Trinajstić information content (AvgIpc) is 3.49. The zero-order chi connectivity index (χ0) is 26.5. The van der Waals surface area contributed by atoms with E-state index in [1.54, 1.807) is 6.92 Å². The normalized spacial score (nSPS) is 12.7. The molecule has 0 spiro atoms. The van der Waals surface area contributed by atoms with Crippen molar-refractivity contribution in [3.05, 3.63) is 87.6 Å². The number of nitrogens with zero attached hydrogens (tertiary/aromatic N) is 3. The van der Waals surface area contributed by atoms with Gasteiger partial charge in [-0.25, -0.2) is 4.79 Å². The van der Waals surface area contributed by atoms with Crippen LogP contribution in [0.25, 0.3) is 5.69 Å². The van der Waals surface area contributed by atoms with Gasteiger partial charge in [0.2, 0.25) is 5.91 Å². The lowest BCUT2D eigenvalue weighted by Crippen LogP contribution is -2.17. The molecule has 0 fully saturated rings. The number of fused-ring (bicyclic) bond motifs is 1. The molecule has 0 unspecified atom stereocenters. The number of ether oxygens (including phenoxy) is 1. The van der Waals surface area contributed by atoms with Gasteiger partial charge in [-0.2, -0.15) is 0 Å². The molecule has 1 amide bonds. The van der Waals surface area contributed by atoms with Gasteiger partial charge in [0.15, 0.2) is 5.16 Å². The van der Waals surface area contributed by atoms with Crippen LogP contribution in [0.1, 0.15) is 57.5 Å². The van der Waals surface area contributed by atoms with Crippen molar-refractivity contribution in [2.45, 2.75) is 51.1 Å². The lowest BCUT2D eigenvalue weighted by atomic mass is 9.95. The first kappa shape index (κ1) is 26.2. The van der Waals surface area contributed by atoms with Crippen molar-refractivity contribution in [3.63, 3.8) is 0 Å². The average molecular weight is 547 g/mol. The lowest BCUT2D eigenvalue weighted by Gasteiger charge is -2.12. The Balaban J connectivity index is 1.36. The van der Waals surface area contributed by atoms with Crippen LogP contribution in [0.3, 0.4) is 0 Å². The van der Waals surface area contributed by atoms with Gasteiger partial charge in [-0.1, -0.05) is 59.8 Å². The van der Waals surface area contributed by atoms with E-state index in [-0.39, 0.29) is 17.6 Å². The molecular formula is C29H30N4O3S2. The van der Waals surface area contributed by atoms with Crippen LogP contribution in [0.15, 0.2) is 59.8 Å². The van der Waals surface area contributed by atoms with Gasteiger partial charge in [0.1, 0.15) is 10.8 Å². The zero-order valence-corrected chi connectivity index (χ0v) is 23.2. The quantitative estimate of drug-likeness (QED) is 0.204. The molecule has 0 aliphatic heterocycles. The standard InChI is InChI=1S/C29H30N4O3S2/c1-3-36-28(35)26-22-11-7-8-12-23(22)38-27(26)30-25(34)18-37-29-32-31-24(17-20-9-5-4-6-10-20)33(29)21-15-13-19(2)14-16-21/h4-6,9-10,13-16H,3,7-8,11-12,17-18H2,1-2H3,(H,30,34). The number of benzene rings is 2. The minimum Gasteiger partial charge on any atom is -0.462 e. The molecule has 0 atom stereocenters. The van der Waals surface area contributed by atoms with Crippen molar-refractivity contribution < 1.29 is 14.3 Å². The third kappa shape index (κ3) is 5.84. The van der Waals surface area contributed by atoms with Crippen molar-refractivity contribution in [1.29, 1.82) is 0 Å². The van der Waals surface area contributed by atoms with Crippen molar-refractivity contribution >= 4 is 40.0 Å². The molecule has 38 heavy (non-hydrogen) atoms. The number of anilines is 1. The van der Waals surface area contributed by atoms with Gasteiger partial charge in [0.05, 0.1) is 17.9 Å². The van der Waals surface area contributed by atoms with Gasteiger partial charge in [0, 0.05) is 17.0 Å². The van der Waals surface area contributed by atoms with E-state index >= 15 is 0 Å². The summed E-state index contributed by atoms with van der Waals surface area (Å²) >= 11 is 2.83. The molecule has 1 aliphatic rings. The van der Waals surface area contributed by atoms with Crippen LogP contribution < -0.4 is 5.32 Å². The first-order chi connectivity index (χ1) is 18.5. The number of aryl methyl sites for hydroxylation is 2. The molecule has 2 heterocycles. The van der Waals surface area contributed by atoms with Crippen LogP contribution in [-0.4, -0.2) is 39.0 Å². The van der Waals surface area contributed by atoms with E-state index in [9.17, 15) is 9.59 Å². The molecule has 196 valence electrons. The Kier molecular flexibility index (Phi) is 8.24. The second-order valence-electron chi connectivity index (χ2n) is 9.20. The van der Waals surface area contributed by atoms with E-state index in [4.69, 9.17) is 4.74 Å². The van der Waals surface area contributed by atoms with Gasteiger partial charge >= 0.3 is 5.97 Å². The fourth-order valence-corrected chi connectivity index (χ4v) is 6.67. The largest absolute Gasteiger partial charge is 0.462 e. The molecule has 9 heteroatoms. The minimum absolute atomic E-state index is 0.139. The summed E-state index contributed by atoms with van der Waals surface area (Å²) < 4.78 is 7.33. The second-order valence-corrected chi connectivity index (χ2v) is 11.3. The summed E-state index contributed by atoms with van der Waals surface area (Å²) in [6, 6.07) is 18.3. The highest BCUT2D eigenvalue weighted by atomic mass is 32.2. The smallest absolute Gasteiger partial charge is 0.341 e. The molecule has 0 saturated carbocycles. The maximum atomic E-state index is 13.1. The number of thioether (sulfide) groups is 1. The van der Waals surface area contributed by atoms with Crippen molar-refractivity contribution in [2.24, 2.45) is 0 Å². The summed E-state index contributed by atoms with van der Waals surface area (Å²) in [6.45, 7) is 4.14. The molecule has 0 saturated heterocycles. The summed E-state index contributed by atoms with van der Waals surface area (Å²) in [4.78, 5) is 27.0. The number of thiophene rings is 1. The van der Waals surface area contributed by atoms with Gasteiger partial charge in [-0.05, 0) is 62.8 Å². The number of esters is 1. The second kappa shape index (κ2) is 12.0. The predicted molar refractivity (Wildman–Crippen MR) is 152 cm³/mol. The number of nitrogens with one attached hydrogen (secondary N) is 1. The Labute approximate surface area is 230 Å². The van der Waals surface area contributed by atoms with Crippen LogP contribution in [0.4, 0.5) is 5.00 Å². The Bertz CT molecular complexity index is 1430. The molecule has 0 radical (unpaired) electrons.